The molecule has 1 amide bonds. The summed E-state index contributed by atoms with van der Waals surface area (Å²) in [5, 5.41) is 7.76. The third-order valence-electron chi connectivity index (χ3n) is 4.37. The largest absolute Gasteiger partial charge is 0.342 e. The minimum absolute atomic E-state index is 0.0589. The van der Waals surface area contributed by atoms with E-state index >= 15 is 0 Å². The predicted octanol–water partition coefficient (Wildman–Crippen LogP) is 4.34. The van der Waals surface area contributed by atoms with Gasteiger partial charge in [0.15, 0.2) is 0 Å². The fraction of sp³-hybridized carbons (Fsp3) is 0.211. The van der Waals surface area contributed by atoms with Crippen LogP contribution in [0.5, 0.6) is 0 Å². The SMILES string of the molecule is Cc1nc(C(=O)NC2CCSc3ccc(F)cc32)nn1-c1ccccc1Cl. The highest BCUT2D eigenvalue weighted by atomic mass is 35.5. The molecule has 1 N–H and O–H groups in total. The Morgan fingerprint density at radius 2 is 2.15 bits per heavy atom. The Morgan fingerprint density at radius 3 is 2.96 bits per heavy atom. The summed E-state index contributed by atoms with van der Waals surface area (Å²) in [4.78, 5) is 18.0. The summed E-state index contributed by atoms with van der Waals surface area (Å²) < 4.78 is 15.2. The number of aryl methyl sites for hydroxylation is 1. The zero-order valence-electron chi connectivity index (χ0n) is 14.4. The van der Waals surface area contributed by atoms with Crippen LogP contribution in [0.3, 0.4) is 0 Å². The van der Waals surface area contributed by atoms with E-state index in [0.717, 1.165) is 22.6 Å². The topological polar surface area (TPSA) is 59.8 Å². The first-order chi connectivity index (χ1) is 13.0. The molecule has 1 aromatic heterocycles. The molecule has 3 aromatic rings. The Kier molecular flexibility index (Phi) is 4.88. The number of rotatable bonds is 3. The number of thioether (sulfide) groups is 1. The summed E-state index contributed by atoms with van der Waals surface area (Å²) in [6.07, 6.45) is 0.719. The number of benzene rings is 2. The number of carbonyl (C=O) groups is 1. The number of para-hydroxylation sites is 1. The molecule has 0 fully saturated rings. The second kappa shape index (κ2) is 7.32. The van der Waals surface area contributed by atoms with Gasteiger partial charge in [-0.05, 0) is 49.2 Å². The van der Waals surface area contributed by atoms with E-state index in [1.807, 2.05) is 18.2 Å². The number of nitrogens with one attached hydrogen (secondary N) is 1. The molecule has 0 saturated heterocycles. The van der Waals surface area contributed by atoms with E-state index in [4.69, 9.17) is 11.6 Å². The average Bonchev–Trinajstić information content (AvgIpc) is 3.04. The molecule has 0 radical (unpaired) electrons. The van der Waals surface area contributed by atoms with Gasteiger partial charge >= 0.3 is 0 Å². The molecule has 0 bridgehead atoms. The Hall–Kier alpha value is -2.38. The molecule has 1 atom stereocenters. The van der Waals surface area contributed by atoms with Gasteiger partial charge in [-0.25, -0.2) is 14.1 Å². The van der Waals surface area contributed by atoms with E-state index in [-0.39, 0.29) is 17.7 Å². The maximum absolute atomic E-state index is 13.6. The number of aromatic nitrogens is 3. The lowest BCUT2D eigenvalue weighted by molar-refractivity contribution is 0.0924. The highest BCUT2D eigenvalue weighted by Gasteiger charge is 2.25. The molecule has 5 nitrogen and oxygen atoms in total. The second-order valence-electron chi connectivity index (χ2n) is 6.19. The maximum Gasteiger partial charge on any atom is 0.291 e. The quantitative estimate of drug-likeness (QED) is 0.708. The molecule has 8 heteroatoms. The first-order valence-electron chi connectivity index (χ1n) is 8.44. The van der Waals surface area contributed by atoms with Gasteiger partial charge in [0.25, 0.3) is 5.91 Å². The van der Waals surface area contributed by atoms with Crippen molar-refractivity contribution in [2.45, 2.75) is 24.3 Å². The molecule has 0 spiro atoms. The Morgan fingerprint density at radius 1 is 1.33 bits per heavy atom. The van der Waals surface area contributed by atoms with Crippen molar-refractivity contribution < 1.29 is 9.18 Å². The van der Waals surface area contributed by atoms with E-state index in [1.54, 1.807) is 35.5 Å². The van der Waals surface area contributed by atoms with E-state index in [2.05, 4.69) is 15.4 Å². The van der Waals surface area contributed by atoms with Crippen molar-refractivity contribution in [3.63, 3.8) is 0 Å². The van der Waals surface area contributed by atoms with Crippen LogP contribution in [0, 0.1) is 12.7 Å². The first-order valence-corrected chi connectivity index (χ1v) is 9.81. The molecular formula is C19H16ClFN4OS. The van der Waals surface area contributed by atoms with Gasteiger partial charge < -0.3 is 5.32 Å². The average molecular weight is 403 g/mol. The van der Waals surface area contributed by atoms with Gasteiger partial charge in [0.05, 0.1) is 16.8 Å². The van der Waals surface area contributed by atoms with Crippen molar-refractivity contribution in [2.24, 2.45) is 0 Å². The van der Waals surface area contributed by atoms with Crippen molar-refractivity contribution in [3.8, 4) is 5.69 Å². The van der Waals surface area contributed by atoms with Crippen LogP contribution in [0.1, 0.15) is 34.5 Å². The Labute approximate surface area is 164 Å². The van der Waals surface area contributed by atoms with E-state index in [1.165, 1.54) is 12.1 Å². The van der Waals surface area contributed by atoms with Crippen LogP contribution in [0.2, 0.25) is 5.02 Å². The standard InChI is InChI=1S/C19H16ClFN4OS/c1-11-22-18(24-25(11)16-5-3-2-4-14(16)20)19(26)23-15-8-9-27-17-7-6-12(21)10-13(15)17/h2-7,10,15H,8-9H2,1H3,(H,23,26). The lowest BCUT2D eigenvalue weighted by atomic mass is 10.0. The minimum atomic E-state index is -0.393. The van der Waals surface area contributed by atoms with Crippen LogP contribution >= 0.6 is 23.4 Å². The number of amides is 1. The van der Waals surface area contributed by atoms with Gasteiger partial charge in [-0.15, -0.1) is 16.9 Å². The van der Waals surface area contributed by atoms with Crippen molar-refractivity contribution in [2.75, 3.05) is 5.75 Å². The number of hydrogen-bond donors (Lipinski definition) is 1. The normalized spacial score (nSPS) is 16.0. The number of nitrogens with zero attached hydrogens (tertiary/aromatic N) is 3. The van der Waals surface area contributed by atoms with Crippen LogP contribution in [0.15, 0.2) is 47.4 Å². The van der Waals surface area contributed by atoms with Crippen LogP contribution in [-0.2, 0) is 0 Å². The van der Waals surface area contributed by atoms with E-state index in [0.29, 0.717) is 16.5 Å². The van der Waals surface area contributed by atoms with Gasteiger partial charge in [0.2, 0.25) is 5.82 Å². The number of fused-ring (bicyclic) bond motifs is 1. The molecule has 1 unspecified atom stereocenters. The Bertz CT molecular complexity index is 1020. The zero-order valence-corrected chi connectivity index (χ0v) is 16.0. The van der Waals surface area contributed by atoms with Gasteiger partial charge in [-0.2, -0.15) is 0 Å². The minimum Gasteiger partial charge on any atom is -0.342 e. The summed E-state index contributed by atoms with van der Waals surface area (Å²) in [6, 6.07) is 11.6. The summed E-state index contributed by atoms with van der Waals surface area (Å²) >= 11 is 7.88. The Balaban J connectivity index is 1.60. The summed E-state index contributed by atoms with van der Waals surface area (Å²) in [5.41, 5.74) is 1.45. The summed E-state index contributed by atoms with van der Waals surface area (Å²) in [5.74, 6) is 0.760. The van der Waals surface area contributed by atoms with Crippen molar-refractivity contribution in [3.05, 3.63) is 70.5 Å². The zero-order chi connectivity index (χ0) is 19.0. The van der Waals surface area contributed by atoms with Crippen molar-refractivity contribution in [1.82, 2.24) is 20.1 Å². The molecular weight excluding hydrogens is 387 g/mol. The van der Waals surface area contributed by atoms with Gasteiger partial charge in [-0.1, -0.05) is 23.7 Å². The highest BCUT2D eigenvalue weighted by molar-refractivity contribution is 7.99. The summed E-state index contributed by atoms with van der Waals surface area (Å²) in [7, 11) is 0. The third-order valence-corrected chi connectivity index (χ3v) is 5.81. The van der Waals surface area contributed by atoms with Gasteiger partial charge in [0.1, 0.15) is 11.6 Å². The smallest absolute Gasteiger partial charge is 0.291 e. The fourth-order valence-electron chi connectivity index (χ4n) is 3.08. The number of halogens is 2. The molecule has 1 aliphatic rings. The molecule has 138 valence electrons. The third kappa shape index (κ3) is 3.57. The van der Waals surface area contributed by atoms with Crippen LogP contribution < -0.4 is 5.32 Å². The molecule has 1 aliphatic heterocycles. The van der Waals surface area contributed by atoms with Crippen LogP contribution in [0.25, 0.3) is 5.69 Å². The highest BCUT2D eigenvalue weighted by Crippen LogP contribution is 2.36. The first kappa shape index (κ1) is 18.0. The number of carbonyl (C=O) groups excluding carboxylic acids is 1. The number of hydrogen-bond acceptors (Lipinski definition) is 4. The second-order valence-corrected chi connectivity index (χ2v) is 7.74. The molecule has 2 aromatic carbocycles. The van der Waals surface area contributed by atoms with E-state index in [9.17, 15) is 9.18 Å². The predicted molar refractivity (Wildman–Crippen MR) is 103 cm³/mol. The van der Waals surface area contributed by atoms with Crippen LogP contribution in [-0.4, -0.2) is 26.4 Å². The van der Waals surface area contributed by atoms with Crippen molar-refractivity contribution in [1.29, 1.82) is 0 Å². The van der Waals surface area contributed by atoms with E-state index < -0.39 is 5.91 Å². The molecule has 0 saturated carbocycles. The summed E-state index contributed by atoms with van der Waals surface area (Å²) in [6.45, 7) is 1.76. The molecule has 0 aliphatic carbocycles. The lowest BCUT2D eigenvalue weighted by Crippen LogP contribution is -2.31. The lowest BCUT2D eigenvalue weighted by Gasteiger charge is -2.25. The fourth-order valence-corrected chi connectivity index (χ4v) is 4.40. The van der Waals surface area contributed by atoms with Gasteiger partial charge in [-0.3, -0.25) is 4.79 Å². The molecule has 4 rings (SSSR count). The van der Waals surface area contributed by atoms with Gasteiger partial charge in [0, 0.05) is 10.6 Å². The molecule has 27 heavy (non-hydrogen) atoms. The van der Waals surface area contributed by atoms with Crippen molar-refractivity contribution >= 4 is 29.3 Å². The molecule has 2 heterocycles. The maximum atomic E-state index is 13.6. The van der Waals surface area contributed by atoms with Crippen LogP contribution in [0.4, 0.5) is 4.39 Å². The monoisotopic (exact) mass is 402 g/mol.